The fourth-order valence-electron chi connectivity index (χ4n) is 0.954. The van der Waals surface area contributed by atoms with Gasteiger partial charge in [-0.3, -0.25) is 9.78 Å². The molecule has 0 radical (unpaired) electrons. The van der Waals surface area contributed by atoms with Crippen molar-refractivity contribution in [2.75, 3.05) is 0 Å². The van der Waals surface area contributed by atoms with Crippen molar-refractivity contribution in [2.24, 2.45) is 7.05 Å². The van der Waals surface area contributed by atoms with Crippen LogP contribution < -0.4 is 0 Å². The van der Waals surface area contributed by atoms with Crippen LogP contribution in [-0.2, 0) is 7.05 Å². The maximum absolute atomic E-state index is 5.30. The van der Waals surface area contributed by atoms with Gasteiger partial charge in [0.25, 0.3) is 0 Å². The van der Waals surface area contributed by atoms with Crippen LogP contribution in [0, 0.1) is 4.77 Å². The number of hydrogen-bond donors (Lipinski definition) is 1. The SMILES string of the molecule is Cn1[nH]c(-c2ccc(Br)o2)nc1=S. The summed E-state index contributed by atoms with van der Waals surface area (Å²) in [5.41, 5.74) is 0. The van der Waals surface area contributed by atoms with Crippen LogP contribution in [-0.4, -0.2) is 14.8 Å². The highest BCUT2D eigenvalue weighted by Gasteiger charge is 2.06. The number of H-pyrrole nitrogens is 1. The summed E-state index contributed by atoms with van der Waals surface area (Å²) in [5, 5.41) is 2.96. The van der Waals surface area contributed by atoms with Gasteiger partial charge in [0.15, 0.2) is 16.3 Å². The molecule has 2 heterocycles. The molecule has 2 rings (SSSR count). The zero-order chi connectivity index (χ0) is 9.42. The van der Waals surface area contributed by atoms with E-state index < -0.39 is 0 Å². The van der Waals surface area contributed by atoms with Crippen LogP contribution in [0.25, 0.3) is 11.6 Å². The number of aromatic nitrogens is 3. The van der Waals surface area contributed by atoms with Crippen LogP contribution in [0.1, 0.15) is 0 Å². The number of furan rings is 1. The zero-order valence-electron chi connectivity index (χ0n) is 6.74. The first kappa shape index (κ1) is 8.71. The Bertz CT molecular complexity index is 484. The lowest BCUT2D eigenvalue weighted by molar-refractivity contribution is 0.550. The van der Waals surface area contributed by atoms with E-state index in [2.05, 4.69) is 26.0 Å². The Labute approximate surface area is 87.7 Å². The van der Waals surface area contributed by atoms with Gasteiger partial charge in [-0.1, -0.05) is 0 Å². The van der Waals surface area contributed by atoms with Crippen LogP contribution in [0.15, 0.2) is 21.2 Å². The summed E-state index contributed by atoms with van der Waals surface area (Å²) in [6.45, 7) is 0. The summed E-state index contributed by atoms with van der Waals surface area (Å²) in [7, 11) is 1.80. The number of nitrogens with zero attached hydrogens (tertiary/aromatic N) is 2. The third-order valence-electron chi connectivity index (χ3n) is 1.57. The molecule has 2 aromatic heterocycles. The highest BCUT2D eigenvalue weighted by molar-refractivity contribution is 9.10. The molecule has 2 aromatic rings. The molecule has 6 heteroatoms. The molecule has 1 N–H and O–H groups in total. The number of aromatic amines is 1. The van der Waals surface area contributed by atoms with E-state index in [1.165, 1.54) is 0 Å². The van der Waals surface area contributed by atoms with Crippen LogP contribution in [0.4, 0.5) is 0 Å². The molecule has 68 valence electrons. The van der Waals surface area contributed by atoms with E-state index in [1.807, 2.05) is 6.07 Å². The van der Waals surface area contributed by atoms with Gasteiger partial charge >= 0.3 is 0 Å². The second kappa shape index (κ2) is 3.12. The highest BCUT2D eigenvalue weighted by atomic mass is 79.9. The number of nitrogens with one attached hydrogen (secondary N) is 1. The minimum atomic E-state index is 0.502. The van der Waals surface area contributed by atoms with Crippen molar-refractivity contribution < 1.29 is 4.42 Å². The lowest BCUT2D eigenvalue weighted by atomic mass is 10.4. The van der Waals surface area contributed by atoms with Crippen LogP contribution in [0.2, 0.25) is 0 Å². The van der Waals surface area contributed by atoms with Crippen LogP contribution in [0.3, 0.4) is 0 Å². The van der Waals surface area contributed by atoms with E-state index >= 15 is 0 Å². The fraction of sp³-hybridized carbons (Fsp3) is 0.143. The molecule has 0 fully saturated rings. The van der Waals surface area contributed by atoms with Gasteiger partial charge in [-0.15, -0.1) is 0 Å². The van der Waals surface area contributed by atoms with Crippen molar-refractivity contribution in [1.82, 2.24) is 14.8 Å². The monoisotopic (exact) mass is 259 g/mol. The Hall–Kier alpha value is -0.880. The fourth-order valence-corrected chi connectivity index (χ4v) is 1.40. The summed E-state index contributed by atoms with van der Waals surface area (Å²) in [6.07, 6.45) is 0. The average molecular weight is 260 g/mol. The maximum atomic E-state index is 5.30. The number of aryl methyl sites for hydroxylation is 1. The number of halogens is 1. The summed E-state index contributed by atoms with van der Waals surface area (Å²) in [6, 6.07) is 3.62. The van der Waals surface area contributed by atoms with Crippen molar-refractivity contribution in [1.29, 1.82) is 0 Å². The van der Waals surface area contributed by atoms with Gasteiger partial charge in [0.1, 0.15) is 0 Å². The standard InChI is InChI=1S/C7H6BrN3OS/c1-11-7(13)9-6(10-11)4-2-3-5(8)12-4/h2-3H,1H3,(H,9,10,13). The van der Waals surface area contributed by atoms with Crippen LogP contribution in [0.5, 0.6) is 0 Å². The molecule has 4 nitrogen and oxygen atoms in total. The third-order valence-corrected chi connectivity index (χ3v) is 2.37. The lowest BCUT2D eigenvalue weighted by Gasteiger charge is -1.88. The summed E-state index contributed by atoms with van der Waals surface area (Å²) >= 11 is 8.16. The molecular formula is C7H6BrN3OS. The number of rotatable bonds is 1. The Morgan fingerprint density at radius 2 is 2.38 bits per heavy atom. The van der Waals surface area contributed by atoms with E-state index in [0.29, 0.717) is 21.0 Å². The van der Waals surface area contributed by atoms with Crippen LogP contribution >= 0.6 is 28.1 Å². The first-order valence-corrected chi connectivity index (χ1v) is 4.75. The van der Waals surface area contributed by atoms with Crippen molar-refractivity contribution in [3.8, 4) is 11.6 Å². The first-order valence-electron chi connectivity index (χ1n) is 3.55. The molecule has 0 aromatic carbocycles. The molecule has 0 spiro atoms. The molecule has 13 heavy (non-hydrogen) atoms. The molecule has 0 bridgehead atoms. The molecule has 0 atom stereocenters. The smallest absolute Gasteiger partial charge is 0.216 e. The number of hydrogen-bond acceptors (Lipinski definition) is 3. The highest BCUT2D eigenvalue weighted by Crippen LogP contribution is 2.21. The van der Waals surface area contributed by atoms with Gasteiger partial charge in [-0.2, -0.15) is 4.98 Å². The van der Waals surface area contributed by atoms with Gasteiger partial charge in [-0.25, -0.2) is 0 Å². The van der Waals surface area contributed by atoms with Crippen molar-refractivity contribution in [3.63, 3.8) is 0 Å². The van der Waals surface area contributed by atoms with E-state index in [9.17, 15) is 0 Å². The molecule has 0 aliphatic carbocycles. The lowest BCUT2D eigenvalue weighted by Crippen LogP contribution is -1.88. The molecular weight excluding hydrogens is 254 g/mol. The molecule has 0 amide bonds. The van der Waals surface area contributed by atoms with Crippen molar-refractivity contribution in [2.45, 2.75) is 0 Å². The van der Waals surface area contributed by atoms with E-state index in [0.717, 1.165) is 0 Å². The molecule has 0 saturated carbocycles. The normalized spacial score (nSPS) is 10.6. The Balaban J connectivity index is 2.52. The molecule has 0 unspecified atom stereocenters. The Kier molecular flexibility index (Phi) is 2.09. The summed E-state index contributed by atoms with van der Waals surface area (Å²) in [5.74, 6) is 1.30. The predicted molar refractivity (Wildman–Crippen MR) is 53.8 cm³/mol. The molecule has 0 saturated heterocycles. The third kappa shape index (κ3) is 1.59. The first-order chi connectivity index (χ1) is 6.16. The zero-order valence-corrected chi connectivity index (χ0v) is 9.15. The van der Waals surface area contributed by atoms with E-state index in [4.69, 9.17) is 16.6 Å². The van der Waals surface area contributed by atoms with Gasteiger partial charge < -0.3 is 4.42 Å². The van der Waals surface area contributed by atoms with Crippen molar-refractivity contribution >= 4 is 28.1 Å². The quantitative estimate of drug-likeness (QED) is 0.801. The van der Waals surface area contributed by atoms with E-state index in [1.54, 1.807) is 17.8 Å². The summed E-state index contributed by atoms with van der Waals surface area (Å²) < 4.78 is 8.13. The van der Waals surface area contributed by atoms with Gasteiger partial charge in [0.05, 0.1) is 0 Å². The molecule has 0 aliphatic heterocycles. The van der Waals surface area contributed by atoms with E-state index in [-0.39, 0.29) is 0 Å². The predicted octanol–water partition coefficient (Wildman–Crippen LogP) is 2.50. The topological polar surface area (TPSA) is 46.8 Å². The minimum Gasteiger partial charge on any atom is -0.446 e. The summed E-state index contributed by atoms with van der Waals surface area (Å²) in [4.78, 5) is 4.10. The van der Waals surface area contributed by atoms with Gasteiger partial charge in [0.2, 0.25) is 4.77 Å². The average Bonchev–Trinajstić information content (AvgIpc) is 2.61. The van der Waals surface area contributed by atoms with Gasteiger partial charge in [-0.05, 0) is 40.3 Å². The largest absolute Gasteiger partial charge is 0.446 e. The minimum absolute atomic E-state index is 0.502. The van der Waals surface area contributed by atoms with Crippen molar-refractivity contribution in [3.05, 3.63) is 21.6 Å². The molecule has 0 aliphatic rings. The second-order valence-electron chi connectivity index (χ2n) is 2.52. The maximum Gasteiger partial charge on any atom is 0.216 e. The van der Waals surface area contributed by atoms with Gasteiger partial charge in [0, 0.05) is 7.05 Å². The second-order valence-corrected chi connectivity index (χ2v) is 3.66. The Morgan fingerprint density at radius 1 is 1.62 bits per heavy atom. The Morgan fingerprint density at radius 3 is 2.85 bits per heavy atom.